The van der Waals surface area contributed by atoms with Crippen LogP contribution in [0.25, 0.3) is 0 Å². The van der Waals surface area contributed by atoms with Gasteiger partial charge in [-0.2, -0.15) is 0 Å². The second-order valence-electron chi connectivity index (χ2n) is 3.91. The van der Waals surface area contributed by atoms with Gasteiger partial charge in [0.15, 0.2) is 0 Å². The van der Waals surface area contributed by atoms with Gasteiger partial charge in [-0.25, -0.2) is 0 Å². The summed E-state index contributed by atoms with van der Waals surface area (Å²) in [6.45, 7) is 2.09. The lowest BCUT2D eigenvalue weighted by atomic mass is 9.92. The molecule has 72 valence electrons. The van der Waals surface area contributed by atoms with Crippen LogP contribution in [-0.4, -0.2) is 7.11 Å². The van der Waals surface area contributed by atoms with Crippen LogP contribution >= 0.6 is 0 Å². The van der Waals surface area contributed by atoms with E-state index in [4.69, 9.17) is 11.2 Å². The van der Waals surface area contributed by atoms with Crippen LogP contribution in [0.15, 0.2) is 18.2 Å². The standard InChI is InChI=1S/C13H14O/c1-4-13(7-8-13)12-6-5-11(14-3)9-10(12)2/h1,5-6,9H,7-8H2,2-3H3. The maximum atomic E-state index is 5.56. The van der Waals surface area contributed by atoms with E-state index in [1.807, 2.05) is 12.1 Å². The van der Waals surface area contributed by atoms with Crippen LogP contribution in [0.2, 0.25) is 0 Å². The highest BCUT2D eigenvalue weighted by Crippen LogP contribution is 2.48. The number of terminal acetylenes is 1. The highest BCUT2D eigenvalue weighted by molar-refractivity contribution is 5.47. The van der Waals surface area contributed by atoms with Gasteiger partial charge in [-0.1, -0.05) is 12.0 Å². The Hall–Kier alpha value is -1.42. The molecule has 1 fully saturated rings. The fourth-order valence-electron chi connectivity index (χ4n) is 1.92. The predicted octanol–water partition coefficient (Wildman–Crippen LogP) is 2.67. The number of hydrogen-bond acceptors (Lipinski definition) is 1. The smallest absolute Gasteiger partial charge is 0.119 e. The van der Waals surface area contributed by atoms with Crippen LogP contribution in [0.1, 0.15) is 24.0 Å². The number of benzene rings is 1. The highest BCUT2D eigenvalue weighted by atomic mass is 16.5. The molecule has 0 aliphatic heterocycles. The molecule has 1 aromatic carbocycles. The van der Waals surface area contributed by atoms with Gasteiger partial charge in [-0.05, 0) is 43.0 Å². The Morgan fingerprint density at radius 3 is 2.57 bits per heavy atom. The third-order valence-electron chi connectivity index (χ3n) is 2.98. The lowest BCUT2D eigenvalue weighted by Crippen LogP contribution is -2.05. The first-order chi connectivity index (χ1) is 6.72. The molecule has 1 nitrogen and oxygen atoms in total. The van der Waals surface area contributed by atoms with Gasteiger partial charge >= 0.3 is 0 Å². The van der Waals surface area contributed by atoms with Crippen LogP contribution in [0.3, 0.4) is 0 Å². The predicted molar refractivity (Wildman–Crippen MR) is 57.5 cm³/mol. The van der Waals surface area contributed by atoms with Gasteiger partial charge in [0.1, 0.15) is 5.75 Å². The van der Waals surface area contributed by atoms with Crippen molar-refractivity contribution >= 4 is 0 Å². The van der Waals surface area contributed by atoms with Gasteiger partial charge < -0.3 is 4.74 Å². The van der Waals surface area contributed by atoms with Gasteiger partial charge in [0.25, 0.3) is 0 Å². The van der Waals surface area contributed by atoms with Crippen molar-refractivity contribution in [2.75, 3.05) is 7.11 Å². The lowest BCUT2D eigenvalue weighted by molar-refractivity contribution is 0.414. The van der Waals surface area contributed by atoms with E-state index in [0.717, 1.165) is 18.6 Å². The molecule has 1 aliphatic carbocycles. The first-order valence-electron chi connectivity index (χ1n) is 4.85. The van der Waals surface area contributed by atoms with Crippen molar-refractivity contribution in [1.82, 2.24) is 0 Å². The van der Waals surface area contributed by atoms with Crippen LogP contribution < -0.4 is 4.74 Å². The summed E-state index contributed by atoms with van der Waals surface area (Å²) in [6.07, 6.45) is 7.80. The lowest BCUT2D eigenvalue weighted by Gasteiger charge is -2.12. The molecule has 0 amide bonds. The molecule has 0 N–H and O–H groups in total. The molecule has 14 heavy (non-hydrogen) atoms. The first-order valence-corrected chi connectivity index (χ1v) is 4.85. The zero-order valence-corrected chi connectivity index (χ0v) is 8.63. The van der Waals surface area contributed by atoms with Crippen LogP contribution in [0.5, 0.6) is 5.75 Å². The van der Waals surface area contributed by atoms with Crippen molar-refractivity contribution in [1.29, 1.82) is 0 Å². The Bertz CT molecular complexity index is 394. The van der Waals surface area contributed by atoms with E-state index in [-0.39, 0.29) is 5.41 Å². The van der Waals surface area contributed by atoms with Crippen molar-refractivity contribution in [2.24, 2.45) is 0 Å². The normalized spacial score (nSPS) is 17.2. The van der Waals surface area contributed by atoms with E-state index in [1.165, 1.54) is 11.1 Å². The molecule has 2 rings (SSSR count). The molecular formula is C13H14O. The van der Waals surface area contributed by atoms with Gasteiger partial charge in [0, 0.05) is 0 Å². The van der Waals surface area contributed by atoms with E-state index in [1.54, 1.807) is 7.11 Å². The number of ether oxygens (including phenoxy) is 1. The molecule has 1 saturated carbocycles. The molecule has 0 saturated heterocycles. The topological polar surface area (TPSA) is 9.23 Å². The number of hydrogen-bond donors (Lipinski definition) is 0. The molecule has 0 unspecified atom stereocenters. The van der Waals surface area contributed by atoms with Crippen molar-refractivity contribution < 1.29 is 4.74 Å². The van der Waals surface area contributed by atoms with E-state index in [0.29, 0.717) is 0 Å². The van der Waals surface area contributed by atoms with Crippen LogP contribution in [0.4, 0.5) is 0 Å². The fourth-order valence-corrected chi connectivity index (χ4v) is 1.92. The molecule has 0 heterocycles. The summed E-state index contributed by atoms with van der Waals surface area (Å²) >= 11 is 0. The fraction of sp³-hybridized carbons (Fsp3) is 0.385. The van der Waals surface area contributed by atoms with Crippen LogP contribution in [-0.2, 0) is 5.41 Å². The molecule has 0 bridgehead atoms. The zero-order valence-electron chi connectivity index (χ0n) is 8.63. The minimum atomic E-state index is 0.0381. The largest absolute Gasteiger partial charge is 0.497 e. The first kappa shape index (κ1) is 9.15. The molecule has 0 atom stereocenters. The number of methoxy groups -OCH3 is 1. The summed E-state index contributed by atoms with van der Waals surface area (Å²) < 4.78 is 5.17. The van der Waals surface area contributed by atoms with Gasteiger partial charge in [0.05, 0.1) is 12.5 Å². The third kappa shape index (κ3) is 1.28. The zero-order chi connectivity index (χ0) is 10.2. The molecular weight excluding hydrogens is 172 g/mol. The van der Waals surface area contributed by atoms with E-state index < -0.39 is 0 Å². The Morgan fingerprint density at radius 2 is 2.14 bits per heavy atom. The average Bonchev–Trinajstić information content (AvgIpc) is 2.98. The maximum Gasteiger partial charge on any atom is 0.119 e. The number of rotatable bonds is 2. The van der Waals surface area contributed by atoms with Gasteiger partial charge in [0.2, 0.25) is 0 Å². The minimum Gasteiger partial charge on any atom is -0.497 e. The summed E-state index contributed by atoms with van der Waals surface area (Å²) in [6, 6.07) is 6.13. The van der Waals surface area contributed by atoms with E-state index >= 15 is 0 Å². The van der Waals surface area contributed by atoms with Gasteiger partial charge in [-0.15, -0.1) is 6.42 Å². The van der Waals surface area contributed by atoms with E-state index in [2.05, 4.69) is 18.9 Å². The van der Waals surface area contributed by atoms with Crippen LogP contribution in [0, 0.1) is 19.3 Å². The SMILES string of the molecule is C#CC1(c2ccc(OC)cc2C)CC1. The quantitative estimate of drug-likeness (QED) is 0.645. The summed E-state index contributed by atoms with van der Waals surface area (Å²) in [5, 5.41) is 0. The maximum absolute atomic E-state index is 5.56. The Balaban J connectivity index is 2.42. The van der Waals surface area contributed by atoms with Crippen molar-refractivity contribution in [3.63, 3.8) is 0 Å². The molecule has 0 spiro atoms. The average molecular weight is 186 g/mol. The summed E-state index contributed by atoms with van der Waals surface area (Å²) in [5.41, 5.74) is 2.57. The summed E-state index contributed by atoms with van der Waals surface area (Å²) in [5.74, 6) is 3.81. The molecule has 1 aromatic rings. The van der Waals surface area contributed by atoms with Crippen molar-refractivity contribution in [3.05, 3.63) is 29.3 Å². The number of aryl methyl sites for hydroxylation is 1. The summed E-state index contributed by atoms with van der Waals surface area (Å²) in [7, 11) is 1.68. The van der Waals surface area contributed by atoms with E-state index in [9.17, 15) is 0 Å². The summed E-state index contributed by atoms with van der Waals surface area (Å²) in [4.78, 5) is 0. The molecule has 1 heteroatoms. The Morgan fingerprint density at radius 1 is 1.43 bits per heavy atom. The minimum absolute atomic E-state index is 0.0381. The van der Waals surface area contributed by atoms with Crippen molar-refractivity contribution in [2.45, 2.75) is 25.2 Å². The van der Waals surface area contributed by atoms with Gasteiger partial charge in [-0.3, -0.25) is 0 Å². The second kappa shape index (κ2) is 3.06. The molecule has 0 radical (unpaired) electrons. The molecule has 0 aromatic heterocycles. The molecule has 1 aliphatic rings. The Kier molecular flexibility index (Phi) is 2.00. The third-order valence-corrected chi connectivity index (χ3v) is 2.98. The van der Waals surface area contributed by atoms with Crippen molar-refractivity contribution in [3.8, 4) is 18.1 Å². The Labute approximate surface area is 85.1 Å². The second-order valence-corrected chi connectivity index (χ2v) is 3.91. The highest BCUT2D eigenvalue weighted by Gasteiger charge is 2.43. The monoisotopic (exact) mass is 186 g/mol.